The quantitative estimate of drug-likeness (QED) is 0.423. The molecule has 0 aliphatic carbocycles. The SMILES string of the molecule is C=CCCCC.CCCCCCCCC(=O)O. The van der Waals surface area contributed by atoms with Gasteiger partial charge in [-0.05, 0) is 12.8 Å². The molecule has 0 unspecified atom stereocenters. The van der Waals surface area contributed by atoms with E-state index in [1.165, 1.54) is 44.9 Å². The Morgan fingerprint density at radius 2 is 1.53 bits per heavy atom. The monoisotopic (exact) mass is 242 g/mol. The first-order valence-electron chi connectivity index (χ1n) is 7.01. The van der Waals surface area contributed by atoms with Gasteiger partial charge in [0.2, 0.25) is 0 Å². The average molecular weight is 242 g/mol. The van der Waals surface area contributed by atoms with E-state index in [1.807, 2.05) is 6.08 Å². The molecule has 2 nitrogen and oxygen atoms in total. The van der Waals surface area contributed by atoms with E-state index in [-0.39, 0.29) is 0 Å². The highest BCUT2D eigenvalue weighted by molar-refractivity contribution is 5.66. The molecule has 0 spiro atoms. The number of aliphatic carboxylic acids is 1. The molecule has 0 bridgehead atoms. The van der Waals surface area contributed by atoms with Crippen molar-refractivity contribution < 1.29 is 9.90 Å². The number of carboxylic acids is 1. The van der Waals surface area contributed by atoms with Crippen LogP contribution in [0.1, 0.15) is 78.1 Å². The van der Waals surface area contributed by atoms with Gasteiger partial charge in [0.25, 0.3) is 0 Å². The van der Waals surface area contributed by atoms with Crippen LogP contribution in [0, 0.1) is 0 Å². The Bertz CT molecular complexity index is 164. The van der Waals surface area contributed by atoms with Crippen molar-refractivity contribution in [1.29, 1.82) is 0 Å². The summed E-state index contributed by atoms with van der Waals surface area (Å²) in [5.74, 6) is -0.666. The molecule has 0 atom stereocenters. The first-order chi connectivity index (χ1) is 8.18. The molecule has 17 heavy (non-hydrogen) atoms. The minimum absolute atomic E-state index is 0.339. The maximum atomic E-state index is 10.1. The van der Waals surface area contributed by atoms with Crippen molar-refractivity contribution in [3.05, 3.63) is 12.7 Å². The van der Waals surface area contributed by atoms with E-state index < -0.39 is 5.97 Å². The summed E-state index contributed by atoms with van der Waals surface area (Å²) < 4.78 is 0. The highest BCUT2D eigenvalue weighted by Crippen LogP contribution is 2.06. The number of allylic oxidation sites excluding steroid dienone is 1. The Balaban J connectivity index is 0. The summed E-state index contributed by atoms with van der Waals surface area (Å²) in [6.45, 7) is 7.96. The zero-order valence-electron chi connectivity index (χ0n) is 11.7. The van der Waals surface area contributed by atoms with Crippen LogP contribution in [-0.2, 0) is 4.79 Å². The molecule has 0 aliphatic heterocycles. The summed E-state index contributed by atoms with van der Waals surface area (Å²) in [6.07, 6.45) is 13.0. The number of unbranched alkanes of at least 4 members (excludes halogenated alkanes) is 7. The largest absolute Gasteiger partial charge is 0.481 e. The van der Waals surface area contributed by atoms with Gasteiger partial charge < -0.3 is 5.11 Å². The number of carbonyl (C=O) groups is 1. The molecule has 1 N–H and O–H groups in total. The lowest BCUT2D eigenvalue weighted by Crippen LogP contribution is -1.93. The van der Waals surface area contributed by atoms with E-state index in [0.717, 1.165) is 12.8 Å². The number of hydrogen-bond donors (Lipinski definition) is 1. The van der Waals surface area contributed by atoms with Crippen molar-refractivity contribution in [1.82, 2.24) is 0 Å². The molecule has 0 amide bonds. The molecule has 102 valence electrons. The van der Waals surface area contributed by atoms with E-state index in [0.29, 0.717) is 6.42 Å². The lowest BCUT2D eigenvalue weighted by atomic mass is 10.1. The van der Waals surface area contributed by atoms with Crippen molar-refractivity contribution in [2.24, 2.45) is 0 Å². The normalized spacial score (nSPS) is 9.29. The summed E-state index contributed by atoms with van der Waals surface area (Å²) in [7, 11) is 0. The zero-order chi connectivity index (χ0) is 13.4. The predicted octanol–water partition coefficient (Wildman–Crippen LogP) is 5.18. The minimum atomic E-state index is -0.666. The molecule has 0 heterocycles. The highest BCUT2D eigenvalue weighted by Gasteiger charge is 1.95. The molecule has 0 aromatic carbocycles. The van der Waals surface area contributed by atoms with Crippen LogP contribution in [0.25, 0.3) is 0 Å². The van der Waals surface area contributed by atoms with Gasteiger partial charge in [0.05, 0.1) is 0 Å². The third-order valence-electron chi connectivity index (χ3n) is 2.51. The van der Waals surface area contributed by atoms with Crippen LogP contribution in [0.5, 0.6) is 0 Å². The summed E-state index contributed by atoms with van der Waals surface area (Å²) in [5.41, 5.74) is 0. The molecule has 0 radical (unpaired) electrons. The molecule has 0 saturated heterocycles. The Morgan fingerprint density at radius 1 is 1.00 bits per heavy atom. The molecular weight excluding hydrogens is 212 g/mol. The molecule has 0 saturated carbocycles. The Hall–Kier alpha value is -0.790. The highest BCUT2D eigenvalue weighted by atomic mass is 16.4. The second-order valence-electron chi connectivity index (χ2n) is 4.34. The van der Waals surface area contributed by atoms with Gasteiger partial charge >= 0.3 is 5.97 Å². The first-order valence-corrected chi connectivity index (χ1v) is 7.01. The first kappa shape index (κ1) is 18.6. The van der Waals surface area contributed by atoms with Crippen molar-refractivity contribution in [3.63, 3.8) is 0 Å². The van der Waals surface area contributed by atoms with Crippen molar-refractivity contribution >= 4 is 5.97 Å². The van der Waals surface area contributed by atoms with Crippen LogP contribution in [0.3, 0.4) is 0 Å². The van der Waals surface area contributed by atoms with E-state index in [4.69, 9.17) is 5.11 Å². The number of hydrogen-bond acceptors (Lipinski definition) is 1. The maximum absolute atomic E-state index is 10.1. The van der Waals surface area contributed by atoms with E-state index in [9.17, 15) is 4.79 Å². The van der Waals surface area contributed by atoms with E-state index in [2.05, 4.69) is 20.4 Å². The molecule has 0 fully saturated rings. The molecule has 0 rings (SSSR count). The van der Waals surface area contributed by atoms with Crippen LogP contribution in [0.2, 0.25) is 0 Å². The third kappa shape index (κ3) is 25.5. The van der Waals surface area contributed by atoms with Gasteiger partial charge in [-0.3, -0.25) is 4.79 Å². The summed E-state index contributed by atoms with van der Waals surface area (Å²) in [6, 6.07) is 0. The van der Waals surface area contributed by atoms with Crippen LogP contribution in [0.15, 0.2) is 12.7 Å². The Labute approximate surface area is 107 Å². The lowest BCUT2D eigenvalue weighted by Gasteiger charge is -1.97. The molecule has 2 heteroatoms. The summed E-state index contributed by atoms with van der Waals surface area (Å²) in [5, 5.41) is 8.32. The van der Waals surface area contributed by atoms with Crippen LogP contribution >= 0.6 is 0 Å². The van der Waals surface area contributed by atoms with Crippen molar-refractivity contribution in [2.45, 2.75) is 78.1 Å². The van der Waals surface area contributed by atoms with Gasteiger partial charge in [-0.1, -0.05) is 64.9 Å². The van der Waals surface area contributed by atoms with E-state index >= 15 is 0 Å². The van der Waals surface area contributed by atoms with Gasteiger partial charge in [-0.15, -0.1) is 6.58 Å². The standard InChI is InChI=1S/C9H18O2.C6H12/c1-2-3-4-5-6-7-8-9(10)11;1-3-5-6-4-2/h2-8H2,1H3,(H,10,11);3H,1,4-6H2,2H3. The van der Waals surface area contributed by atoms with Gasteiger partial charge in [-0.2, -0.15) is 0 Å². The zero-order valence-corrected chi connectivity index (χ0v) is 11.7. The van der Waals surface area contributed by atoms with Gasteiger partial charge in [0.1, 0.15) is 0 Å². The van der Waals surface area contributed by atoms with Crippen molar-refractivity contribution in [2.75, 3.05) is 0 Å². The molecule has 0 aromatic rings. The van der Waals surface area contributed by atoms with Crippen LogP contribution in [-0.4, -0.2) is 11.1 Å². The van der Waals surface area contributed by atoms with Gasteiger partial charge in [-0.25, -0.2) is 0 Å². The fourth-order valence-electron chi connectivity index (χ4n) is 1.41. The summed E-state index contributed by atoms with van der Waals surface area (Å²) >= 11 is 0. The smallest absolute Gasteiger partial charge is 0.303 e. The summed E-state index contributed by atoms with van der Waals surface area (Å²) in [4.78, 5) is 10.1. The van der Waals surface area contributed by atoms with Crippen LogP contribution in [0.4, 0.5) is 0 Å². The second kappa shape index (κ2) is 17.6. The fourth-order valence-corrected chi connectivity index (χ4v) is 1.41. The second-order valence-corrected chi connectivity index (χ2v) is 4.34. The Morgan fingerprint density at radius 3 is 1.94 bits per heavy atom. The topological polar surface area (TPSA) is 37.3 Å². The molecule has 0 aliphatic rings. The third-order valence-corrected chi connectivity index (χ3v) is 2.51. The average Bonchev–Trinajstić information content (AvgIpc) is 2.31. The molecular formula is C15H30O2. The maximum Gasteiger partial charge on any atom is 0.303 e. The van der Waals surface area contributed by atoms with E-state index in [1.54, 1.807) is 0 Å². The van der Waals surface area contributed by atoms with Crippen molar-refractivity contribution in [3.8, 4) is 0 Å². The van der Waals surface area contributed by atoms with Crippen LogP contribution < -0.4 is 0 Å². The van der Waals surface area contributed by atoms with Gasteiger partial charge in [0, 0.05) is 6.42 Å². The fraction of sp³-hybridized carbons (Fsp3) is 0.800. The number of carboxylic acid groups (broad SMARTS) is 1. The van der Waals surface area contributed by atoms with Gasteiger partial charge in [0.15, 0.2) is 0 Å². The minimum Gasteiger partial charge on any atom is -0.481 e. The predicted molar refractivity (Wildman–Crippen MR) is 75.4 cm³/mol. The molecule has 0 aromatic heterocycles. The number of rotatable bonds is 10. The lowest BCUT2D eigenvalue weighted by molar-refractivity contribution is -0.137. The Kier molecular flexibility index (Phi) is 19.2.